The first-order chi connectivity index (χ1) is 9.01. The van der Waals surface area contributed by atoms with E-state index in [-0.39, 0.29) is 30.3 Å². The van der Waals surface area contributed by atoms with Crippen molar-refractivity contribution in [1.29, 1.82) is 0 Å². The monoisotopic (exact) mass is 265 g/mol. The van der Waals surface area contributed by atoms with Crippen molar-refractivity contribution >= 4 is 17.8 Å². The Bertz CT molecular complexity index is 502. The van der Waals surface area contributed by atoms with Gasteiger partial charge in [-0.3, -0.25) is 14.6 Å². The van der Waals surface area contributed by atoms with Crippen LogP contribution in [0.4, 0.5) is 0 Å². The summed E-state index contributed by atoms with van der Waals surface area (Å²) in [6, 6.07) is 2.74. The van der Waals surface area contributed by atoms with Crippen LogP contribution in [0.5, 0.6) is 0 Å². The molecule has 0 saturated heterocycles. The van der Waals surface area contributed by atoms with E-state index in [1.807, 2.05) is 0 Å². The number of carboxylic acid groups (broad SMARTS) is 1. The average molecular weight is 265 g/mol. The van der Waals surface area contributed by atoms with Crippen LogP contribution in [0.15, 0.2) is 18.3 Å². The average Bonchev–Trinajstić information content (AvgIpc) is 2.43. The SMILES string of the molecule is CCN(CC(=O)NC)C(=O)c1ncccc1C(=O)O. The second-order valence-corrected chi connectivity index (χ2v) is 3.70. The van der Waals surface area contributed by atoms with Gasteiger partial charge in [0.05, 0.1) is 12.1 Å². The maximum atomic E-state index is 12.2. The van der Waals surface area contributed by atoms with Crippen molar-refractivity contribution in [3.05, 3.63) is 29.6 Å². The molecular weight excluding hydrogens is 250 g/mol. The first-order valence-corrected chi connectivity index (χ1v) is 5.69. The van der Waals surface area contributed by atoms with E-state index in [1.54, 1.807) is 6.92 Å². The first-order valence-electron chi connectivity index (χ1n) is 5.69. The number of rotatable bonds is 5. The molecule has 1 heterocycles. The highest BCUT2D eigenvalue weighted by Gasteiger charge is 2.23. The van der Waals surface area contributed by atoms with Crippen LogP contribution < -0.4 is 5.32 Å². The van der Waals surface area contributed by atoms with Gasteiger partial charge in [0.1, 0.15) is 5.69 Å². The quantitative estimate of drug-likeness (QED) is 0.780. The van der Waals surface area contributed by atoms with E-state index in [4.69, 9.17) is 5.11 Å². The Hall–Kier alpha value is -2.44. The number of nitrogens with zero attached hydrogens (tertiary/aromatic N) is 2. The number of aromatic nitrogens is 1. The third kappa shape index (κ3) is 3.51. The van der Waals surface area contributed by atoms with Gasteiger partial charge >= 0.3 is 5.97 Å². The number of nitrogens with one attached hydrogen (secondary N) is 1. The van der Waals surface area contributed by atoms with Crippen LogP contribution in [0.2, 0.25) is 0 Å². The number of pyridine rings is 1. The Morgan fingerprint density at radius 2 is 2.11 bits per heavy atom. The number of aromatic carboxylic acids is 1. The van der Waals surface area contributed by atoms with Gasteiger partial charge in [0.2, 0.25) is 5.91 Å². The largest absolute Gasteiger partial charge is 0.478 e. The van der Waals surface area contributed by atoms with Gasteiger partial charge in [0.25, 0.3) is 5.91 Å². The summed E-state index contributed by atoms with van der Waals surface area (Å²) in [6.45, 7) is 1.84. The van der Waals surface area contributed by atoms with Crippen molar-refractivity contribution in [3.8, 4) is 0 Å². The Labute approximate surface area is 110 Å². The minimum atomic E-state index is -1.23. The Balaban J connectivity index is 3.04. The van der Waals surface area contributed by atoms with E-state index in [9.17, 15) is 14.4 Å². The highest BCUT2D eigenvalue weighted by Crippen LogP contribution is 2.09. The third-order valence-electron chi connectivity index (χ3n) is 2.52. The Kier molecular flexibility index (Phi) is 4.99. The van der Waals surface area contributed by atoms with Crippen LogP contribution in [-0.4, -0.2) is 52.9 Å². The number of hydrogen-bond donors (Lipinski definition) is 2. The van der Waals surface area contributed by atoms with Crippen molar-refractivity contribution in [2.75, 3.05) is 20.1 Å². The van der Waals surface area contributed by atoms with Crippen LogP contribution in [0.25, 0.3) is 0 Å². The molecule has 0 radical (unpaired) electrons. The first kappa shape index (κ1) is 14.6. The molecule has 7 heteroatoms. The van der Waals surface area contributed by atoms with Gasteiger partial charge in [0, 0.05) is 19.8 Å². The minimum Gasteiger partial charge on any atom is -0.478 e. The van der Waals surface area contributed by atoms with Crippen molar-refractivity contribution < 1.29 is 19.5 Å². The number of carboxylic acids is 1. The zero-order valence-electron chi connectivity index (χ0n) is 10.7. The number of amides is 2. The molecule has 7 nitrogen and oxygen atoms in total. The molecule has 0 unspecified atom stereocenters. The van der Waals surface area contributed by atoms with E-state index < -0.39 is 11.9 Å². The normalized spacial score (nSPS) is 9.79. The zero-order valence-corrected chi connectivity index (χ0v) is 10.7. The lowest BCUT2D eigenvalue weighted by Gasteiger charge is -2.19. The van der Waals surface area contributed by atoms with Gasteiger partial charge in [0.15, 0.2) is 0 Å². The highest BCUT2D eigenvalue weighted by molar-refractivity contribution is 6.04. The van der Waals surface area contributed by atoms with Crippen LogP contribution >= 0.6 is 0 Å². The van der Waals surface area contributed by atoms with Crippen LogP contribution in [0, 0.1) is 0 Å². The van der Waals surface area contributed by atoms with Gasteiger partial charge in [-0.05, 0) is 19.1 Å². The standard InChI is InChI=1S/C12H15N3O4/c1-3-15(7-9(16)13-2)11(17)10-8(12(18)19)5-4-6-14-10/h4-6H,3,7H2,1-2H3,(H,13,16)(H,18,19). The van der Waals surface area contributed by atoms with Gasteiger partial charge in [-0.15, -0.1) is 0 Å². The molecule has 2 N–H and O–H groups in total. The Morgan fingerprint density at radius 1 is 1.42 bits per heavy atom. The summed E-state index contributed by atoms with van der Waals surface area (Å²) in [5.74, 6) is -2.14. The predicted octanol–water partition coefficient (Wildman–Crippen LogP) is -0.0121. The van der Waals surface area contributed by atoms with E-state index in [1.165, 1.54) is 30.3 Å². The van der Waals surface area contributed by atoms with Gasteiger partial charge in [-0.2, -0.15) is 0 Å². The summed E-state index contributed by atoms with van der Waals surface area (Å²) in [7, 11) is 1.46. The molecule has 0 atom stereocenters. The molecule has 2 amide bonds. The molecule has 0 aliphatic carbocycles. The van der Waals surface area contributed by atoms with E-state index in [0.29, 0.717) is 0 Å². The van der Waals surface area contributed by atoms with Crippen LogP contribution in [0.3, 0.4) is 0 Å². The summed E-state index contributed by atoms with van der Waals surface area (Å²) in [4.78, 5) is 39.5. The van der Waals surface area contributed by atoms with Crippen LogP contribution in [0.1, 0.15) is 27.8 Å². The summed E-state index contributed by atoms with van der Waals surface area (Å²) in [6.07, 6.45) is 1.34. The van der Waals surface area contributed by atoms with E-state index >= 15 is 0 Å². The number of carbonyl (C=O) groups excluding carboxylic acids is 2. The second-order valence-electron chi connectivity index (χ2n) is 3.70. The van der Waals surface area contributed by atoms with E-state index in [0.717, 1.165) is 0 Å². The molecule has 0 aliphatic rings. The Morgan fingerprint density at radius 3 is 2.63 bits per heavy atom. The summed E-state index contributed by atoms with van der Waals surface area (Å²) in [5, 5.41) is 11.4. The van der Waals surface area contributed by atoms with Gasteiger partial charge in [-0.25, -0.2) is 4.79 Å². The number of hydrogen-bond acceptors (Lipinski definition) is 4. The van der Waals surface area contributed by atoms with Crippen molar-refractivity contribution in [2.45, 2.75) is 6.92 Å². The molecule has 0 saturated carbocycles. The second kappa shape index (κ2) is 6.48. The number of likely N-dealkylation sites (N-methyl/N-ethyl adjacent to an activating group) is 2. The molecule has 102 valence electrons. The van der Waals surface area contributed by atoms with Crippen molar-refractivity contribution in [3.63, 3.8) is 0 Å². The molecule has 0 aliphatic heterocycles. The zero-order chi connectivity index (χ0) is 14.4. The summed E-state index contributed by atoms with van der Waals surface area (Å²) in [5.41, 5.74) is -0.344. The summed E-state index contributed by atoms with van der Waals surface area (Å²) < 4.78 is 0. The third-order valence-corrected chi connectivity index (χ3v) is 2.52. The topological polar surface area (TPSA) is 99.6 Å². The fraction of sp³-hybridized carbons (Fsp3) is 0.333. The lowest BCUT2D eigenvalue weighted by atomic mass is 10.1. The fourth-order valence-electron chi connectivity index (χ4n) is 1.48. The van der Waals surface area contributed by atoms with Crippen LogP contribution in [-0.2, 0) is 4.79 Å². The maximum Gasteiger partial charge on any atom is 0.338 e. The van der Waals surface area contributed by atoms with Crippen molar-refractivity contribution in [2.24, 2.45) is 0 Å². The summed E-state index contributed by atoms with van der Waals surface area (Å²) >= 11 is 0. The van der Waals surface area contributed by atoms with Crippen molar-refractivity contribution in [1.82, 2.24) is 15.2 Å². The van der Waals surface area contributed by atoms with Gasteiger partial charge in [-0.1, -0.05) is 0 Å². The fourth-order valence-corrected chi connectivity index (χ4v) is 1.48. The molecule has 0 bridgehead atoms. The molecule has 1 rings (SSSR count). The molecule has 0 aromatic carbocycles. The molecule has 0 spiro atoms. The minimum absolute atomic E-state index is 0.137. The molecule has 0 fully saturated rings. The highest BCUT2D eigenvalue weighted by atomic mass is 16.4. The lowest BCUT2D eigenvalue weighted by Crippen LogP contribution is -2.40. The molecule has 1 aromatic heterocycles. The number of carbonyl (C=O) groups is 3. The molecular formula is C12H15N3O4. The lowest BCUT2D eigenvalue weighted by molar-refractivity contribution is -0.121. The predicted molar refractivity (Wildman–Crippen MR) is 66.8 cm³/mol. The molecule has 19 heavy (non-hydrogen) atoms. The van der Waals surface area contributed by atoms with Gasteiger partial charge < -0.3 is 15.3 Å². The van der Waals surface area contributed by atoms with E-state index in [2.05, 4.69) is 10.3 Å². The smallest absolute Gasteiger partial charge is 0.338 e. The molecule has 1 aromatic rings. The maximum absolute atomic E-state index is 12.2.